The molecular formula is C33H51NO4. The van der Waals surface area contributed by atoms with Crippen molar-refractivity contribution in [3.8, 4) is 0 Å². The first-order valence-electron chi connectivity index (χ1n) is 15.9. The Labute approximate surface area is 230 Å². The van der Waals surface area contributed by atoms with E-state index in [0.29, 0.717) is 36.0 Å². The number of likely N-dealkylation sites (tertiary alicyclic amines) is 1. The van der Waals surface area contributed by atoms with Gasteiger partial charge in [0.25, 0.3) is 0 Å². The Balaban J connectivity index is 1.22. The van der Waals surface area contributed by atoms with Crippen molar-refractivity contribution in [1.82, 2.24) is 4.90 Å². The van der Waals surface area contributed by atoms with Crippen molar-refractivity contribution in [2.24, 2.45) is 46.3 Å². The zero-order valence-electron chi connectivity index (χ0n) is 24.8. The topological polar surface area (TPSA) is 55.8 Å². The monoisotopic (exact) mass is 525 g/mol. The number of carbonyl (C=O) groups excluding carboxylic acids is 2. The van der Waals surface area contributed by atoms with E-state index in [9.17, 15) is 9.59 Å². The van der Waals surface area contributed by atoms with E-state index in [0.717, 1.165) is 57.4 Å². The number of allylic oxidation sites excluding steroid dienone is 1. The highest BCUT2D eigenvalue weighted by atomic mass is 16.5. The fraction of sp³-hybridized carbons (Fsp3) is 0.879. The lowest BCUT2D eigenvalue weighted by molar-refractivity contribution is -0.200. The van der Waals surface area contributed by atoms with Crippen LogP contribution < -0.4 is 0 Å². The van der Waals surface area contributed by atoms with Crippen LogP contribution in [0, 0.1) is 46.3 Å². The molecule has 4 aliphatic carbocycles. The van der Waals surface area contributed by atoms with Gasteiger partial charge in [-0.15, -0.1) is 0 Å². The molecule has 0 aromatic heterocycles. The molecule has 5 heteroatoms. The molecule has 0 radical (unpaired) electrons. The van der Waals surface area contributed by atoms with Crippen LogP contribution in [0.4, 0.5) is 0 Å². The quantitative estimate of drug-likeness (QED) is 0.297. The van der Waals surface area contributed by atoms with Crippen molar-refractivity contribution in [3.05, 3.63) is 11.6 Å². The molecule has 1 spiro atoms. The van der Waals surface area contributed by atoms with E-state index in [1.807, 2.05) is 6.92 Å². The third-order valence-corrected chi connectivity index (χ3v) is 12.8. The van der Waals surface area contributed by atoms with Gasteiger partial charge in [0.15, 0.2) is 0 Å². The van der Waals surface area contributed by atoms with Gasteiger partial charge in [0.05, 0.1) is 6.10 Å². The first-order valence-corrected chi connectivity index (χ1v) is 15.9. The smallest absolute Gasteiger partial charge is 0.306 e. The second kappa shape index (κ2) is 9.35. The van der Waals surface area contributed by atoms with Crippen LogP contribution in [-0.4, -0.2) is 41.3 Å². The molecule has 2 heterocycles. The van der Waals surface area contributed by atoms with Crippen LogP contribution in [0.2, 0.25) is 0 Å². The van der Waals surface area contributed by atoms with Crippen LogP contribution in [0.15, 0.2) is 11.6 Å². The number of esters is 1. The van der Waals surface area contributed by atoms with Crippen molar-refractivity contribution < 1.29 is 19.1 Å². The normalized spacial score (nSPS) is 49.5. The Hall–Kier alpha value is -1.36. The summed E-state index contributed by atoms with van der Waals surface area (Å²) in [7, 11) is 0. The lowest BCUT2D eigenvalue weighted by atomic mass is 9.46. The lowest BCUT2D eigenvalue weighted by Gasteiger charge is -2.59. The third kappa shape index (κ3) is 3.79. The number of amides is 1. The SMILES string of the molecule is CCCC(=O)O[C@H]1CC[C@@]2(C)C(=CC[C@H]3[C@@H]4CC5O[C@]6(CC[C@H](C)CN6C(C)=O)[C@@H](C)[C@@H]5[C@@]4(C)CC[C@@H]32)C1. The van der Waals surface area contributed by atoms with Gasteiger partial charge in [-0.3, -0.25) is 9.59 Å². The molecule has 1 amide bonds. The summed E-state index contributed by atoms with van der Waals surface area (Å²) in [5.74, 6) is 3.76. The number of hydrogen-bond donors (Lipinski definition) is 0. The molecule has 0 bridgehead atoms. The Morgan fingerprint density at radius 1 is 1.11 bits per heavy atom. The molecular weight excluding hydrogens is 474 g/mol. The van der Waals surface area contributed by atoms with Crippen LogP contribution in [0.1, 0.15) is 112 Å². The summed E-state index contributed by atoms with van der Waals surface area (Å²) in [6, 6.07) is 0. The van der Waals surface area contributed by atoms with Gasteiger partial charge in [0, 0.05) is 32.2 Å². The average Bonchev–Trinajstić information content (AvgIpc) is 3.31. The fourth-order valence-corrected chi connectivity index (χ4v) is 11.0. The van der Waals surface area contributed by atoms with Gasteiger partial charge in [-0.05, 0) is 98.2 Å². The predicted molar refractivity (Wildman–Crippen MR) is 148 cm³/mol. The molecule has 2 saturated heterocycles. The number of piperidine rings is 1. The van der Waals surface area contributed by atoms with E-state index in [1.165, 1.54) is 19.3 Å². The van der Waals surface area contributed by atoms with Gasteiger partial charge in [-0.1, -0.05) is 46.3 Å². The molecule has 212 valence electrons. The summed E-state index contributed by atoms with van der Waals surface area (Å²) < 4.78 is 13.0. The Morgan fingerprint density at radius 2 is 1.89 bits per heavy atom. The number of fused-ring (bicyclic) bond motifs is 7. The van der Waals surface area contributed by atoms with E-state index >= 15 is 0 Å². The van der Waals surface area contributed by atoms with Crippen LogP contribution in [0.5, 0.6) is 0 Å². The standard InChI is InChI=1S/C33H51NO4/c1-7-8-29(36)37-24-12-14-31(5)23(17-24)9-10-25-26(31)13-15-32(6)27(25)18-28-30(32)21(3)33(38-28)16-11-20(2)19-34(33)22(4)35/h9,20-21,24-28,30H,7-8,10-19H2,1-6H3/t20-,21-,24-,25+,26-,27-,28?,30-,31-,32-,33+/m0/s1. The summed E-state index contributed by atoms with van der Waals surface area (Å²) in [6.07, 6.45) is 14.4. The van der Waals surface area contributed by atoms with Crippen molar-refractivity contribution in [3.63, 3.8) is 0 Å². The minimum absolute atomic E-state index is 0.0241. The molecule has 3 saturated carbocycles. The van der Waals surface area contributed by atoms with Crippen LogP contribution in [0.25, 0.3) is 0 Å². The first-order chi connectivity index (χ1) is 18.0. The van der Waals surface area contributed by atoms with Crippen molar-refractivity contribution in [1.29, 1.82) is 0 Å². The second-order valence-corrected chi connectivity index (χ2v) is 14.7. The lowest BCUT2D eigenvalue weighted by Crippen LogP contribution is -2.60. The molecule has 5 nitrogen and oxygen atoms in total. The molecule has 11 atom stereocenters. The largest absolute Gasteiger partial charge is 0.462 e. The third-order valence-electron chi connectivity index (χ3n) is 12.8. The fourth-order valence-electron chi connectivity index (χ4n) is 11.0. The number of carbonyl (C=O) groups is 2. The average molecular weight is 526 g/mol. The molecule has 0 aromatic carbocycles. The van der Waals surface area contributed by atoms with Gasteiger partial charge in [-0.25, -0.2) is 0 Å². The zero-order chi connectivity index (χ0) is 27.0. The summed E-state index contributed by atoms with van der Waals surface area (Å²) in [6.45, 7) is 14.4. The number of rotatable bonds is 3. The molecule has 1 unspecified atom stereocenters. The highest BCUT2D eigenvalue weighted by Crippen LogP contribution is 2.70. The minimum Gasteiger partial charge on any atom is -0.462 e. The predicted octanol–water partition coefficient (Wildman–Crippen LogP) is 6.90. The molecule has 38 heavy (non-hydrogen) atoms. The highest BCUT2D eigenvalue weighted by molar-refractivity contribution is 5.74. The number of hydrogen-bond acceptors (Lipinski definition) is 4. The van der Waals surface area contributed by atoms with Crippen molar-refractivity contribution >= 4 is 11.9 Å². The number of ether oxygens (including phenoxy) is 2. The van der Waals surface area contributed by atoms with Crippen LogP contribution >= 0.6 is 0 Å². The first kappa shape index (κ1) is 26.8. The number of nitrogens with zero attached hydrogens (tertiary/aromatic N) is 1. The Bertz CT molecular complexity index is 1010. The molecule has 6 aliphatic rings. The van der Waals surface area contributed by atoms with E-state index in [1.54, 1.807) is 12.5 Å². The molecule has 0 N–H and O–H groups in total. The van der Waals surface area contributed by atoms with Crippen molar-refractivity contribution in [2.75, 3.05) is 6.54 Å². The molecule has 6 rings (SSSR count). The summed E-state index contributed by atoms with van der Waals surface area (Å²) >= 11 is 0. The van der Waals surface area contributed by atoms with Gasteiger partial charge in [-0.2, -0.15) is 0 Å². The maximum Gasteiger partial charge on any atom is 0.306 e. The maximum absolute atomic E-state index is 12.8. The highest BCUT2D eigenvalue weighted by Gasteiger charge is 2.69. The molecule has 0 aromatic rings. The Kier molecular flexibility index (Phi) is 6.60. The van der Waals surface area contributed by atoms with Crippen LogP contribution in [0.3, 0.4) is 0 Å². The van der Waals surface area contributed by atoms with Gasteiger partial charge < -0.3 is 14.4 Å². The Morgan fingerprint density at radius 3 is 2.63 bits per heavy atom. The zero-order valence-corrected chi connectivity index (χ0v) is 24.8. The minimum atomic E-state index is -0.391. The summed E-state index contributed by atoms with van der Waals surface area (Å²) in [5, 5.41) is 0. The maximum atomic E-state index is 12.8. The summed E-state index contributed by atoms with van der Waals surface area (Å²) in [5.41, 5.74) is 1.71. The van der Waals surface area contributed by atoms with E-state index in [-0.39, 0.29) is 34.9 Å². The van der Waals surface area contributed by atoms with Gasteiger partial charge in [0.1, 0.15) is 11.8 Å². The van der Waals surface area contributed by atoms with Crippen molar-refractivity contribution in [2.45, 2.75) is 130 Å². The van der Waals surface area contributed by atoms with Gasteiger partial charge in [0.2, 0.25) is 5.91 Å². The second-order valence-electron chi connectivity index (χ2n) is 14.7. The molecule has 5 fully saturated rings. The van der Waals surface area contributed by atoms with E-state index < -0.39 is 5.72 Å². The van der Waals surface area contributed by atoms with E-state index in [4.69, 9.17) is 9.47 Å². The van der Waals surface area contributed by atoms with Crippen LogP contribution in [-0.2, 0) is 19.1 Å². The van der Waals surface area contributed by atoms with Gasteiger partial charge >= 0.3 is 5.97 Å². The molecule has 2 aliphatic heterocycles. The van der Waals surface area contributed by atoms with E-state index in [2.05, 4.69) is 38.7 Å². The summed E-state index contributed by atoms with van der Waals surface area (Å²) in [4.78, 5) is 27.1.